The standard InChI is InChI=1S/C27H35N7O2/c1-6-27(4,5)34-25(29-30-31-34)24(33-11-9-32(10-12-33)17-21-8-7-13-36-21)22-16-20-15-18(2)14-19(3)23(20)28-26(22)35/h7-8,13-16,24H,6,9-12,17H2,1-5H3,(H,28,35). The maximum atomic E-state index is 13.6. The van der Waals surface area contributed by atoms with Gasteiger partial charge in [0.2, 0.25) is 0 Å². The maximum absolute atomic E-state index is 13.6. The number of aryl methyl sites for hydroxylation is 2. The second kappa shape index (κ2) is 9.63. The Morgan fingerprint density at radius 1 is 1.14 bits per heavy atom. The Morgan fingerprint density at radius 3 is 2.61 bits per heavy atom. The first-order valence-electron chi connectivity index (χ1n) is 12.7. The van der Waals surface area contributed by atoms with Crippen LogP contribution < -0.4 is 5.56 Å². The van der Waals surface area contributed by atoms with Gasteiger partial charge in [0.25, 0.3) is 5.56 Å². The molecule has 0 aliphatic carbocycles. The number of nitrogens with one attached hydrogen (secondary N) is 1. The molecule has 36 heavy (non-hydrogen) atoms. The predicted octanol–water partition coefficient (Wildman–Crippen LogP) is 3.78. The van der Waals surface area contributed by atoms with E-state index in [1.54, 1.807) is 6.26 Å². The number of hydrogen-bond acceptors (Lipinski definition) is 7. The Kier molecular flexibility index (Phi) is 6.53. The van der Waals surface area contributed by atoms with Gasteiger partial charge in [0.1, 0.15) is 11.8 Å². The lowest BCUT2D eigenvalue weighted by Gasteiger charge is -2.39. The first kappa shape index (κ1) is 24.4. The lowest BCUT2D eigenvalue weighted by molar-refractivity contribution is 0.0925. The van der Waals surface area contributed by atoms with Crippen molar-refractivity contribution in [1.82, 2.24) is 35.0 Å². The molecule has 0 amide bonds. The summed E-state index contributed by atoms with van der Waals surface area (Å²) < 4.78 is 7.45. The van der Waals surface area contributed by atoms with Gasteiger partial charge in [-0.15, -0.1) is 5.10 Å². The lowest BCUT2D eigenvalue weighted by atomic mass is 9.98. The molecule has 1 aliphatic rings. The zero-order valence-corrected chi connectivity index (χ0v) is 21.8. The monoisotopic (exact) mass is 489 g/mol. The number of piperazine rings is 1. The number of nitrogens with zero attached hydrogens (tertiary/aromatic N) is 6. The van der Waals surface area contributed by atoms with Crippen LogP contribution >= 0.6 is 0 Å². The normalized spacial score (nSPS) is 16.6. The molecule has 190 valence electrons. The largest absolute Gasteiger partial charge is 0.468 e. The van der Waals surface area contributed by atoms with Crippen molar-refractivity contribution in [3.8, 4) is 0 Å². The van der Waals surface area contributed by atoms with E-state index in [0.717, 1.165) is 66.9 Å². The summed E-state index contributed by atoms with van der Waals surface area (Å²) in [7, 11) is 0. The Morgan fingerprint density at radius 2 is 1.92 bits per heavy atom. The van der Waals surface area contributed by atoms with Crippen LogP contribution in [0.2, 0.25) is 0 Å². The van der Waals surface area contributed by atoms with Crippen molar-refractivity contribution in [2.45, 2.75) is 59.2 Å². The minimum absolute atomic E-state index is 0.0960. The molecule has 9 nitrogen and oxygen atoms in total. The number of aromatic amines is 1. The van der Waals surface area contributed by atoms with E-state index in [-0.39, 0.29) is 17.1 Å². The van der Waals surface area contributed by atoms with E-state index in [1.807, 2.05) is 29.8 Å². The fraction of sp³-hybridized carbons (Fsp3) is 0.481. The van der Waals surface area contributed by atoms with Gasteiger partial charge in [-0.05, 0) is 79.8 Å². The predicted molar refractivity (Wildman–Crippen MR) is 139 cm³/mol. The van der Waals surface area contributed by atoms with E-state index >= 15 is 0 Å². The van der Waals surface area contributed by atoms with Crippen molar-refractivity contribution < 1.29 is 4.42 Å². The van der Waals surface area contributed by atoms with E-state index < -0.39 is 0 Å². The van der Waals surface area contributed by atoms with Crippen LogP contribution in [0.5, 0.6) is 0 Å². The fourth-order valence-electron chi connectivity index (χ4n) is 5.15. The minimum atomic E-state index is -0.356. The van der Waals surface area contributed by atoms with Gasteiger partial charge in [-0.25, -0.2) is 4.68 Å². The number of aromatic nitrogens is 5. The highest BCUT2D eigenvalue weighted by atomic mass is 16.3. The summed E-state index contributed by atoms with van der Waals surface area (Å²) >= 11 is 0. The van der Waals surface area contributed by atoms with Gasteiger partial charge in [-0.2, -0.15) is 0 Å². The average Bonchev–Trinajstić information content (AvgIpc) is 3.54. The van der Waals surface area contributed by atoms with Crippen LogP contribution in [-0.4, -0.2) is 61.2 Å². The van der Waals surface area contributed by atoms with E-state index in [9.17, 15) is 4.79 Å². The summed E-state index contributed by atoms with van der Waals surface area (Å²) in [5.74, 6) is 1.67. The van der Waals surface area contributed by atoms with E-state index in [4.69, 9.17) is 4.42 Å². The lowest BCUT2D eigenvalue weighted by Crippen LogP contribution is -2.49. The van der Waals surface area contributed by atoms with Crippen LogP contribution in [0.15, 0.2) is 45.8 Å². The SMILES string of the molecule is CCC(C)(C)n1nnnc1C(c1cc2cc(C)cc(C)c2[nH]c1=O)N1CCN(Cc2ccco2)CC1. The topological polar surface area (TPSA) is 96.1 Å². The molecule has 5 rings (SSSR count). The van der Waals surface area contributed by atoms with Crippen LogP contribution in [0.3, 0.4) is 0 Å². The summed E-state index contributed by atoms with van der Waals surface area (Å²) in [6, 6.07) is 9.83. The maximum Gasteiger partial charge on any atom is 0.253 e. The number of furan rings is 1. The smallest absolute Gasteiger partial charge is 0.253 e. The molecule has 1 unspecified atom stereocenters. The molecular formula is C27H35N7O2. The fourth-order valence-corrected chi connectivity index (χ4v) is 5.15. The van der Waals surface area contributed by atoms with Gasteiger partial charge in [0.15, 0.2) is 5.82 Å². The first-order valence-corrected chi connectivity index (χ1v) is 12.7. The molecular weight excluding hydrogens is 454 g/mol. The summed E-state index contributed by atoms with van der Waals surface area (Å²) in [4.78, 5) is 21.5. The summed E-state index contributed by atoms with van der Waals surface area (Å²) in [6.07, 6.45) is 2.58. The van der Waals surface area contributed by atoms with Crippen LogP contribution in [0.4, 0.5) is 0 Å². The van der Waals surface area contributed by atoms with Gasteiger partial charge in [0, 0.05) is 31.7 Å². The highest BCUT2D eigenvalue weighted by molar-refractivity contribution is 5.83. The summed E-state index contributed by atoms with van der Waals surface area (Å²) in [5.41, 5.74) is 3.41. The number of pyridine rings is 1. The zero-order chi connectivity index (χ0) is 25.4. The van der Waals surface area contributed by atoms with Crippen molar-refractivity contribution in [3.05, 3.63) is 75.2 Å². The molecule has 1 aromatic carbocycles. The van der Waals surface area contributed by atoms with Gasteiger partial charge in [-0.1, -0.05) is 18.6 Å². The van der Waals surface area contributed by atoms with Crippen LogP contribution in [0, 0.1) is 13.8 Å². The zero-order valence-electron chi connectivity index (χ0n) is 21.8. The Balaban J connectivity index is 1.56. The highest BCUT2D eigenvalue weighted by Gasteiger charge is 2.35. The van der Waals surface area contributed by atoms with Gasteiger partial charge in [0.05, 0.1) is 23.9 Å². The molecule has 4 aromatic rings. The van der Waals surface area contributed by atoms with Gasteiger partial charge in [-0.3, -0.25) is 14.6 Å². The summed E-state index contributed by atoms with van der Waals surface area (Å²) in [5, 5.41) is 14.0. The Bertz CT molecular complexity index is 1400. The third-order valence-corrected chi connectivity index (χ3v) is 7.53. The molecule has 9 heteroatoms. The van der Waals surface area contributed by atoms with E-state index in [0.29, 0.717) is 11.4 Å². The second-order valence-corrected chi connectivity index (χ2v) is 10.5. The van der Waals surface area contributed by atoms with Gasteiger partial charge < -0.3 is 9.40 Å². The van der Waals surface area contributed by atoms with Gasteiger partial charge >= 0.3 is 0 Å². The number of H-pyrrole nitrogens is 1. The molecule has 1 saturated heterocycles. The van der Waals surface area contributed by atoms with Crippen molar-refractivity contribution in [2.75, 3.05) is 26.2 Å². The van der Waals surface area contributed by atoms with E-state index in [1.165, 1.54) is 0 Å². The minimum Gasteiger partial charge on any atom is -0.468 e. The number of benzene rings is 1. The molecule has 0 spiro atoms. The molecule has 3 aromatic heterocycles. The van der Waals surface area contributed by atoms with Crippen LogP contribution in [0.1, 0.15) is 61.5 Å². The van der Waals surface area contributed by atoms with Crippen LogP contribution in [-0.2, 0) is 12.1 Å². The molecule has 1 atom stereocenters. The molecule has 0 bridgehead atoms. The number of fused-ring (bicyclic) bond motifs is 1. The Labute approximate surface area is 211 Å². The molecule has 0 saturated carbocycles. The second-order valence-electron chi connectivity index (χ2n) is 10.5. The van der Waals surface area contributed by atoms with Crippen molar-refractivity contribution in [3.63, 3.8) is 0 Å². The molecule has 1 aliphatic heterocycles. The third kappa shape index (κ3) is 4.60. The average molecular weight is 490 g/mol. The quantitative estimate of drug-likeness (QED) is 0.422. The Hall–Kier alpha value is -3.30. The van der Waals surface area contributed by atoms with Crippen molar-refractivity contribution in [2.24, 2.45) is 0 Å². The molecule has 4 heterocycles. The number of rotatable bonds is 7. The van der Waals surface area contributed by atoms with Crippen molar-refractivity contribution in [1.29, 1.82) is 0 Å². The summed E-state index contributed by atoms with van der Waals surface area (Å²) in [6.45, 7) is 14.6. The third-order valence-electron chi connectivity index (χ3n) is 7.53. The molecule has 1 N–H and O–H groups in total. The van der Waals surface area contributed by atoms with Crippen LogP contribution in [0.25, 0.3) is 10.9 Å². The number of hydrogen-bond donors (Lipinski definition) is 1. The highest BCUT2D eigenvalue weighted by Crippen LogP contribution is 2.31. The first-order chi connectivity index (χ1) is 17.3. The number of tetrazole rings is 1. The van der Waals surface area contributed by atoms with Crippen molar-refractivity contribution >= 4 is 10.9 Å². The molecule has 1 fully saturated rings. The molecule has 0 radical (unpaired) electrons. The van der Waals surface area contributed by atoms with E-state index in [2.05, 4.69) is 70.1 Å².